The van der Waals surface area contributed by atoms with Gasteiger partial charge < -0.3 is 5.11 Å². The average molecular weight is 413 g/mol. The first kappa shape index (κ1) is 21.5. The standard InChI is InChI=1S/C29H48O/c1-17(2)18(3)23-16-24(23)19(4)25-9-10-26-22-8-7-20-15-21(30)11-13-28(20,5)27(22)12-14-29(25,26)6/h8,17-21,23-27,30H,7,9-16H2,1-6H3/t18?,19-,20+,21+,23?,24?,25-,26+,27+,28+,29-/m1/s1. The Morgan fingerprint density at radius 3 is 2.30 bits per heavy atom. The summed E-state index contributed by atoms with van der Waals surface area (Å²) in [7, 11) is 0. The Morgan fingerprint density at radius 1 is 0.867 bits per heavy atom. The van der Waals surface area contributed by atoms with E-state index in [0.29, 0.717) is 10.8 Å². The highest BCUT2D eigenvalue weighted by atomic mass is 16.3. The predicted molar refractivity (Wildman–Crippen MR) is 126 cm³/mol. The van der Waals surface area contributed by atoms with Crippen LogP contribution in [0.4, 0.5) is 0 Å². The molecule has 0 amide bonds. The van der Waals surface area contributed by atoms with Crippen LogP contribution in [0.5, 0.6) is 0 Å². The quantitative estimate of drug-likeness (QED) is 0.474. The highest BCUT2D eigenvalue weighted by molar-refractivity contribution is 5.28. The molecular formula is C29H48O. The van der Waals surface area contributed by atoms with Gasteiger partial charge in [0.1, 0.15) is 0 Å². The maximum Gasteiger partial charge on any atom is 0.0543 e. The Morgan fingerprint density at radius 2 is 1.57 bits per heavy atom. The third-order valence-electron chi connectivity index (χ3n) is 12.1. The van der Waals surface area contributed by atoms with E-state index in [0.717, 1.165) is 66.1 Å². The summed E-state index contributed by atoms with van der Waals surface area (Å²) in [5, 5.41) is 10.3. The molecule has 0 aromatic carbocycles. The monoisotopic (exact) mass is 412 g/mol. The van der Waals surface area contributed by atoms with Crippen molar-refractivity contribution in [3.8, 4) is 0 Å². The first-order valence-electron chi connectivity index (χ1n) is 13.5. The molecule has 1 N–H and O–H groups in total. The van der Waals surface area contributed by atoms with Gasteiger partial charge in [0.05, 0.1) is 6.10 Å². The fourth-order valence-electron chi connectivity index (χ4n) is 9.63. The summed E-state index contributed by atoms with van der Waals surface area (Å²) >= 11 is 0. The molecule has 0 aromatic rings. The van der Waals surface area contributed by atoms with E-state index < -0.39 is 0 Å². The zero-order valence-electron chi connectivity index (χ0n) is 20.7. The molecule has 0 aliphatic heterocycles. The van der Waals surface area contributed by atoms with Gasteiger partial charge in [-0.3, -0.25) is 0 Å². The van der Waals surface area contributed by atoms with Gasteiger partial charge in [0.2, 0.25) is 0 Å². The molecule has 4 fully saturated rings. The summed E-state index contributed by atoms with van der Waals surface area (Å²) < 4.78 is 0. The van der Waals surface area contributed by atoms with Crippen molar-refractivity contribution < 1.29 is 5.11 Å². The summed E-state index contributed by atoms with van der Waals surface area (Å²) in [6, 6.07) is 0. The molecule has 0 saturated heterocycles. The molecule has 4 saturated carbocycles. The second-order valence-electron chi connectivity index (χ2n) is 13.4. The lowest BCUT2D eigenvalue weighted by Crippen LogP contribution is -2.50. The summed E-state index contributed by atoms with van der Waals surface area (Å²) in [6.07, 6.45) is 14.5. The van der Waals surface area contributed by atoms with Gasteiger partial charge in [-0.05, 0) is 122 Å². The zero-order chi connectivity index (χ0) is 21.4. The SMILES string of the molecule is CC(C)C(C)C1CC1[C@@H](C)[C@H]1CC[C@H]2C3=CC[C@H]4C[C@@H](O)CC[C@]4(C)[C@H]3CC[C@]12C. The second kappa shape index (κ2) is 7.36. The van der Waals surface area contributed by atoms with Gasteiger partial charge in [0.25, 0.3) is 0 Å². The Labute approximate surface area is 186 Å². The first-order valence-corrected chi connectivity index (χ1v) is 13.5. The fourth-order valence-corrected chi connectivity index (χ4v) is 9.63. The van der Waals surface area contributed by atoms with Crippen LogP contribution in [-0.2, 0) is 0 Å². The van der Waals surface area contributed by atoms with Crippen LogP contribution in [-0.4, -0.2) is 11.2 Å². The zero-order valence-corrected chi connectivity index (χ0v) is 20.7. The molecule has 0 radical (unpaired) electrons. The molecule has 170 valence electrons. The maximum absolute atomic E-state index is 10.3. The number of rotatable bonds is 4. The van der Waals surface area contributed by atoms with E-state index in [9.17, 15) is 5.11 Å². The van der Waals surface area contributed by atoms with E-state index in [1.807, 2.05) is 5.57 Å². The lowest BCUT2D eigenvalue weighted by Gasteiger charge is -2.57. The lowest BCUT2D eigenvalue weighted by atomic mass is 9.47. The maximum atomic E-state index is 10.3. The van der Waals surface area contributed by atoms with E-state index in [4.69, 9.17) is 0 Å². The fraction of sp³-hybridized carbons (Fsp3) is 0.931. The Hall–Kier alpha value is -0.300. The van der Waals surface area contributed by atoms with Crippen LogP contribution in [0.25, 0.3) is 0 Å². The minimum absolute atomic E-state index is 0.0386. The number of hydrogen-bond donors (Lipinski definition) is 1. The van der Waals surface area contributed by atoms with E-state index in [-0.39, 0.29) is 6.10 Å². The van der Waals surface area contributed by atoms with Gasteiger partial charge in [-0.2, -0.15) is 0 Å². The smallest absolute Gasteiger partial charge is 0.0543 e. The number of fused-ring (bicyclic) bond motifs is 5. The Bertz CT molecular complexity index is 692. The van der Waals surface area contributed by atoms with Crippen molar-refractivity contribution in [2.75, 3.05) is 0 Å². The normalized spacial score (nSPS) is 52.1. The van der Waals surface area contributed by atoms with Crippen LogP contribution in [0.1, 0.15) is 99.3 Å². The van der Waals surface area contributed by atoms with E-state index >= 15 is 0 Å². The topological polar surface area (TPSA) is 20.2 Å². The molecular weight excluding hydrogens is 364 g/mol. The van der Waals surface area contributed by atoms with Crippen LogP contribution < -0.4 is 0 Å². The number of allylic oxidation sites excluding steroid dienone is 2. The predicted octanol–water partition coefficient (Wildman–Crippen LogP) is 7.49. The van der Waals surface area contributed by atoms with Crippen molar-refractivity contribution in [3.05, 3.63) is 11.6 Å². The molecule has 0 spiro atoms. The van der Waals surface area contributed by atoms with Gasteiger partial charge in [-0.15, -0.1) is 0 Å². The molecule has 1 nitrogen and oxygen atoms in total. The van der Waals surface area contributed by atoms with Crippen LogP contribution in [0.2, 0.25) is 0 Å². The molecule has 3 unspecified atom stereocenters. The molecule has 0 heterocycles. The Balaban J connectivity index is 1.34. The largest absolute Gasteiger partial charge is 0.393 e. The highest BCUT2D eigenvalue weighted by Crippen LogP contribution is 2.68. The van der Waals surface area contributed by atoms with Crippen molar-refractivity contribution in [1.82, 2.24) is 0 Å². The van der Waals surface area contributed by atoms with Gasteiger partial charge in [0, 0.05) is 0 Å². The molecule has 5 aliphatic carbocycles. The first-order chi connectivity index (χ1) is 14.2. The molecule has 11 atom stereocenters. The minimum atomic E-state index is -0.0386. The van der Waals surface area contributed by atoms with Crippen molar-refractivity contribution in [1.29, 1.82) is 0 Å². The molecule has 0 bridgehead atoms. The van der Waals surface area contributed by atoms with Crippen LogP contribution in [0, 0.1) is 64.1 Å². The van der Waals surface area contributed by atoms with Crippen molar-refractivity contribution in [3.63, 3.8) is 0 Å². The summed E-state index contributed by atoms with van der Waals surface area (Å²) in [5.41, 5.74) is 2.90. The molecule has 5 aliphatic rings. The van der Waals surface area contributed by atoms with Gasteiger partial charge >= 0.3 is 0 Å². The molecule has 1 heteroatoms. The lowest BCUT2D eigenvalue weighted by molar-refractivity contribution is -0.0433. The Kier molecular flexibility index (Phi) is 5.28. The molecule has 0 aromatic heterocycles. The number of hydrogen-bond acceptors (Lipinski definition) is 1. The number of aliphatic hydroxyl groups is 1. The van der Waals surface area contributed by atoms with Crippen molar-refractivity contribution in [2.24, 2.45) is 64.1 Å². The summed E-state index contributed by atoms with van der Waals surface area (Å²) in [4.78, 5) is 0. The van der Waals surface area contributed by atoms with Crippen LogP contribution in [0.15, 0.2) is 11.6 Å². The second-order valence-corrected chi connectivity index (χ2v) is 13.4. The molecule has 5 rings (SSSR count). The van der Waals surface area contributed by atoms with E-state index in [1.54, 1.807) is 0 Å². The van der Waals surface area contributed by atoms with Crippen molar-refractivity contribution >= 4 is 0 Å². The summed E-state index contributed by atoms with van der Waals surface area (Å²) in [5.74, 6) is 7.99. The van der Waals surface area contributed by atoms with E-state index in [1.165, 1.54) is 44.9 Å². The third-order valence-corrected chi connectivity index (χ3v) is 12.1. The van der Waals surface area contributed by atoms with Gasteiger partial charge in [-0.1, -0.05) is 53.2 Å². The minimum Gasteiger partial charge on any atom is -0.393 e. The highest BCUT2D eigenvalue weighted by Gasteiger charge is 2.60. The van der Waals surface area contributed by atoms with Crippen molar-refractivity contribution in [2.45, 2.75) is 105 Å². The average Bonchev–Trinajstić information content (AvgIpc) is 3.42. The van der Waals surface area contributed by atoms with Gasteiger partial charge in [-0.25, -0.2) is 0 Å². The number of aliphatic hydroxyl groups excluding tert-OH is 1. The molecule has 30 heavy (non-hydrogen) atoms. The summed E-state index contributed by atoms with van der Waals surface area (Å²) in [6.45, 7) is 15.3. The van der Waals surface area contributed by atoms with E-state index in [2.05, 4.69) is 47.6 Å². The van der Waals surface area contributed by atoms with Crippen LogP contribution in [0.3, 0.4) is 0 Å². The van der Waals surface area contributed by atoms with Gasteiger partial charge in [0.15, 0.2) is 0 Å². The third kappa shape index (κ3) is 3.11. The van der Waals surface area contributed by atoms with Crippen LogP contribution >= 0.6 is 0 Å².